The van der Waals surface area contributed by atoms with E-state index in [1.54, 1.807) is 0 Å². The van der Waals surface area contributed by atoms with Gasteiger partial charge in [0.2, 0.25) is 11.8 Å². The van der Waals surface area contributed by atoms with Crippen LogP contribution in [0.4, 0.5) is 4.39 Å². The van der Waals surface area contributed by atoms with Crippen LogP contribution < -0.4 is 10.1 Å². The molecule has 0 unspecified atom stereocenters. The Labute approximate surface area is 178 Å². The van der Waals surface area contributed by atoms with Crippen LogP contribution in [0.15, 0.2) is 27.6 Å². The van der Waals surface area contributed by atoms with Gasteiger partial charge in [0.25, 0.3) is 5.91 Å². The van der Waals surface area contributed by atoms with Crippen molar-refractivity contribution < 1.29 is 18.3 Å². The van der Waals surface area contributed by atoms with Crippen molar-refractivity contribution in [3.8, 4) is 5.75 Å². The smallest absolute Gasteiger partial charge is 0.258 e. The average Bonchev–Trinajstić information content (AvgIpc) is 3.09. The number of benzene rings is 1. The highest BCUT2D eigenvalue weighted by molar-refractivity contribution is 6.30. The molecule has 1 aromatic heterocycles. The Hall–Kier alpha value is -2.48. The number of ether oxygens (including phenoxy) is 1. The predicted octanol–water partition coefficient (Wildman–Crippen LogP) is 3.43. The number of hydrogen-bond acceptors (Lipinski definition) is 6. The maximum absolute atomic E-state index is 13.4. The third-order valence-electron chi connectivity index (χ3n) is 6.56. The molecule has 0 atom stereocenters. The third kappa shape index (κ3) is 3.27. The molecule has 0 aliphatic heterocycles. The molecule has 7 nitrogen and oxygen atoms in total. The number of rotatable bonds is 8. The van der Waals surface area contributed by atoms with Crippen LogP contribution in [0.3, 0.4) is 0 Å². The Balaban J connectivity index is 1.10. The van der Waals surface area contributed by atoms with Crippen LogP contribution in [-0.2, 0) is 10.2 Å². The SMILES string of the molecule is C=NCC1CC(c2nnc(C34CC(NC(=O)COc5ccc(Cl)c(F)c5)(C3)C4)o2)C1. The molecule has 30 heavy (non-hydrogen) atoms. The largest absolute Gasteiger partial charge is 0.484 e. The van der Waals surface area contributed by atoms with Crippen molar-refractivity contribution in [3.63, 3.8) is 0 Å². The normalized spacial score (nSPS) is 31.1. The van der Waals surface area contributed by atoms with Gasteiger partial charge in [-0.25, -0.2) is 4.39 Å². The fourth-order valence-corrected chi connectivity index (χ4v) is 5.20. The maximum atomic E-state index is 13.4. The average molecular weight is 433 g/mol. The number of carbonyl (C=O) groups excluding carboxylic acids is 1. The molecule has 1 amide bonds. The highest BCUT2D eigenvalue weighted by atomic mass is 35.5. The topological polar surface area (TPSA) is 89.6 Å². The minimum absolute atomic E-state index is 0.0149. The molecule has 1 N–H and O–H groups in total. The summed E-state index contributed by atoms with van der Waals surface area (Å²) >= 11 is 5.64. The summed E-state index contributed by atoms with van der Waals surface area (Å²) in [5.74, 6) is 1.76. The van der Waals surface area contributed by atoms with E-state index in [-0.39, 0.29) is 34.2 Å². The van der Waals surface area contributed by atoms with Gasteiger partial charge in [0.15, 0.2) is 6.61 Å². The quantitative estimate of drug-likeness (QED) is 0.645. The van der Waals surface area contributed by atoms with Crippen LogP contribution in [0.25, 0.3) is 0 Å². The maximum Gasteiger partial charge on any atom is 0.258 e. The Morgan fingerprint density at radius 3 is 2.83 bits per heavy atom. The van der Waals surface area contributed by atoms with Gasteiger partial charge in [-0.2, -0.15) is 0 Å². The molecule has 9 heteroatoms. The minimum Gasteiger partial charge on any atom is -0.484 e. The number of nitrogens with zero attached hydrogens (tertiary/aromatic N) is 3. The van der Waals surface area contributed by atoms with Crippen molar-refractivity contribution in [3.05, 3.63) is 40.8 Å². The summed E-state index contributed by atoms with van der Waals surface area (Å²) in [5, 5.41) is 11.6. The van der Waals surface area contributed by atoms with Gasteiger partial charge >= 0.3 is 0 Å². The Morgan fingerprint density at radius 2 is 2.13 bits per heavy atom. The Bertz CT molecular complexity index is 984. The molecular formula is C21H22ClFN4O3. The van der Waals surface area contributed by atoms with E-state index in [4.69, 9.17) is 20.8 Å². The van der Waals surface area contributed by atoms with E-state index in [2.05, 4.69) is 27.2 Å². The second-order valence-corrected chi connectivity index (χ2v) is 9.30. The highest BCUT2D eigenvalue weighted by Gasteiger charge is 2.71. The lowest BCUT2D eigenvalue weighted by Crippen LogP contribution is -2.77. The molecule has 0 saturated heterocycles. The molecule has 4 fully saturated rings. The standard InChI is InChI=1S/C21H22ClFN4O3/c1-24-7-12-4-13(5-12)18-26-27-19(30-18)20-9-21(10-20,11-20)25-17(28)8-29-14-2-3-15(22)16(23)6-14/h2-3,6,12-13H,1,4-5,7-11H2,(H,25,28). The van der Waals surface area contributed by atoms with E-state index in [9.17, 15) is 9.18 Å². The van der Waals surface area contributed by atoms with Crippen LogP contribution in [0.5, 0.6) is 5.75 Å². The molecule has 0 spiro atoms. The van der Waals surface area contributed by atoms with Crippen molar-refractivity contribution in [2.45, 2.75) is 49.0 Å². The van der Waals surface area contributed by atoms with Crippen molar-refractivity contribution in [2.24, 2.45) is 10.9 Å². The van der Waals surface area contributed by atoms with Crippen molar-refractivity contribution in [1.82, 2.24) is 15.5 Å². The van der Waals surface area contributed by atoms with Crippen molar-refractivity contribution >= 4 is 24.2 Å². The van der Waals surface area contributed by atoms with Gasteiger partial charge in [0.1, 0.15) is 11.6 Å². The number of halogens is 2. The zero-order valence-electron chi connectivity index (χ0n) is 16.4. The first-order valence-corrected chi connectivity index (χ1v) is 10.4. The van der Waals surface area contributed by atoms with E-state index >= 15 is 0 Å². The van der Waals surface area contributed by atoms with Gasteiger partial charge in [-0.1, -0.05) is 11.6 Å². The van der Waals surface area contributed by atoms with Gasteiger partial charge in [-0.15, -0.1) is 10.2 Å². The molecular weight excluding hydrogens is 411 g/mol. The second-order valence-electron chi connectivity index (χ2n) is 8.89. The summed E-state index contributed by atoms with van der Waals surface area (Å²) < 4.78 is 24.8. The number of aromatic nitrogens is 2. The van der Waals surface area contributed by atoms with Gasteiger partial charge < -0.3 is 19.5 Å². The second kappa shape index (κ2) is 7.04. The van der Waals surface area contributed by atoms with E-state index < -0.39 is 5.82 Å². The van der Waals surface area contributed by atoms with Crippen LogP contribution in [0, 0.1) is 11.7 Å². The molecule has 4 aliphatic rings. The molecule has 158 valence electrons. The first-order chi connectivity index (χ1) is 14.4. The van der Waals surface area contributed by atoms with Crippen LogP contribution in [0.2, 0.25) is 5.02 Å². The van der Waals surface area contributed by atoms with Crippen LogP contribution in [-0.4, -0.2) is 41.5 Å². The van der Waals surface area contributed by atoms with E-state index in [1.807, 2.05) is 0 Å². The summed E-state index contributed by atoms with van der Waals surface area (Å²) in [6, 6.07) is 4.09. The van der Waals surface area contributed by atoms with Crippen molar-refractivity contribution in [1.29, 1.82) is 0 Å². The lowest BCUT2D eigenvalue weighted by atomic mass is 9.39. The van der Waals surface area contributed by atoms with E-state index in [0.717, 1.165) is 50.6 Å². The number of nitrogens with one attached hydrogen (secondary N) is 1. The Kier molecular flexibility index (Phi) is 4.57. The molecule has 6 rings (SSSR count). The molecule has 4 aliphatic carbocycles. The zero-order valence-corrected chi connectivity index (χ0v) is 17.1. The fourth-order valence-electron chi connectivity index (χ4n) is 5.08. The summed E-state index contributed by atoms with van der Waals surface area (Å²) in [6.07, 6.45) is 4.40. The van der Waals surface area contributed by atoms with Gasteiger partial charge in [0, 0.05) is 24.1 Å². The number of hydrogen-bond donors (Lipinski definition) is 1. The highest BCUT2D eigenvalue weighted by Crippen LogP contribution is 2.67. The number of carbonyl (C=O) groups is 1. The monoisotopic (exact) mass is 432 g/mol. The lowest BCUT2D eigenvalue weighted by molar-refractivity contribution is -0.143. The molecule has 4 saturated carbocycles. The first kappa shape index (κ1) is 19.5. The third-order valence-corrected chi connectivity index (χ3v) is 6.87. The van der Waals surface area contributed by atoms with Gasteiger partial charge in [-0.3, -0.25) is 4.79 Å². The summed E-state index contributed by atoms with van der Waals surface area (Å²) in [6.45, 7) is 4.16. The lowest BCUT2D eigenvalue weighted by Gasteiger charge is -2.68. The summed E-state index contributed by atoms with van der Waals surface area (Å²) in [5.41, 5.74) is -0.331. The van der Waals surface area contributed by atoms with Crippen LogP contribution >= 0.6 is 11.6 Å². The predicted molar refractivity (Wildman–Crippen MR) is 107 cm³/mol. The fraction of sp³-hybridized carbons (Fsp3) is 0.524. The van der Waals surface area contributed by atoms with Crippen molar-refractivity contribution in [2.75, 3.05) is 13.2 Å². The van der Waals surface area contributed by atoms with E-state index in [0.29, 0.717) is 17.7 Å². The summed E-state index contributed by atoms with van der Waals surface area (Å²) in [7, 11) is 0. The minimum atomic E-state index is -0.579. The molecule has 2 aromatic rings. The molecule has 0 radical (unpaired) electrons. The number of amides is 1. The zero-order chi connectivity index (χ0) is 20.9. The summed E-state index contributed by atoms with van der Waals surface area (Å²) in [4.78, 5) is 16.2. The first-order valence-electron chi connectivity index (χ1n) is 10.1. The molecule has 1 heterocycles. The van der Waals surface area contributed by atoms with Gasteiger partial charge in [-0.05, 0) is 56.9 Å². The Morgan fingerprint density at radius 1 is 1.37 bits per heavy atom. The van der Waals surface area contributed by atoms with Crippen LogP contribution in [0.1, 0.15) is 49.8 Å². The van der Waals surface area contributed by atoms with E-state index in [1.165, 1.54) is 12.1 Å². The molecule has 2 bridgehead atoms. The molecule has 1 aromatic carbocycles. The van der Waals surface area contributed by atoms with Gasteiger partial charge in [0.05, 0.1) is 10.4 Å². The number of aliphatic imine (C=N–C) groups is 1.